The van der Waals surface area contributed by atoms with Crippen molar-refractivity contribution in [3.63, 3.8) is 0 Å². The van der Waals surface area contributed by atoms with Gasteiger partial charge in [0.05, 0.1) is 24.8 Å². The van der Waals surface area contributed by atoms with Crippen LogP contribution in [0.1, 0.15) is 38.1 Å². The number of carbonyl (C=O) groups excluding carboxylic acids is 3. The Morgan fingerprint density at radius 2 is 1.81 bits per heavy atom. The fraction of sp³-hybridized carbons (Fsp3) is 0.350. The summed E-state index contributed by atoms with van der Waals surface area (Å²) in [5, 5.41) is 2.84. The number of ether oxygens (including phenoxy) is 4. The highest BCUT2D eigenvalue weighted by atomic mass is 32.1. The smallest absolute Gasteiger partial charge is 0.387 e. The molecule has 11 heteroatoms. The van der Waals surface area contributed by atoms with Gasteiger partial charge in [-0.3, -0.25) is 4.79 Å². The molecule has 31 heavy (non-hydrogen) atoms. The van der Waals surface area contributed by atoms with Crippen LogP contribution in [0.4, 0.5) is 13.8 Å². The number of carbonyl (C=O) groups is 3. The zero-order valence-electron chi connectivity index (χ0n) is 17.2. The Balaban J connectivity index is 2.04. The van der Waals surface area contributed by atoms with E-state index >= 15 is 0 Å². The third-order valence-electron chi connectivity index (χ3n) is 4.07. The topological polar surface area (TPSA) is 100 Å². The number of alkyl halides is 2. The van der Waals surface area contributed by atoms with Crippen LogP contribution in [0.3, 0.4) is 0 Å². The van der Waals surface area contributed by atoms with Crippen LogP contribution >= 0.6 is 11.3 Å². The van der Waals surface area contributed by atoms with Gasteiger partial charge in [-0.05, 0) is 44.5 Å². The quantitative estimate of drug-likeness (QED) is 0.569. The summed E-state index contributed by atoms with van der Waals surface area (Å²) >= 11 is 1.20. The van der Waals surface area contributed by atoms with Crippen molar-refractivity contribution in [2.45, 2.75) is 27.4 Å². The van der Waals surface area contributed by atoms with Gasteiger partial charge in [0.25, 0.3) is 5.91 Å². The molecule has 0 radical (unpaired) electrons. The van der Waals surface area contributed by atoms with Crippen molar-refractivity contribution in [2.75, 3.05) is 25.6 Å². The van der Waals surface area contributed by atoms with Crippen molar-refractivity contribution in [2.24, 2.45) is 0 Å². The standard InChI is InChI=1S/C20H21F2NO7S/c1-5-28-19(26)16-10(2)11(3)31-17(16)23-15(24)9-29-18(25)12-6-7-13(30-20(21)22)14(8-12)27-4/h6-8,20H,5,9H2,1-4H3,(H,23,24). The predicted octanol–water partition coefficient (Wildman–Crippen LogP) is 3.95. The van der Waals surface area contributed by atoms with E-state index < -0.39 is 31.1 Å². The summed E-state index contributed by atoms with van der Waals surface area (Å²) in [7, 11) is 1.22. The molecule has 1 heterocycles. The lowest BCUT2D eigenvalue weighted by molar-refractivity contribution is -0.119. The molecule has 0 bridgehead atoms. The average Bonchev–Trinajstić information content (AvgIpc) is 2.99. The molecule has 0 spiro atoms. The van der Waals surface area contributed by atoms with E-state index in [1.165, 1.54) is 24.5 Å². The van der Waals surface area contributed by atoms with Crippen LogP contribution in [0.5, 0.6) is 11.5 Å². The number of rotatable bonds is 9. The summed E-state index contributed by atoms with van der Waals surface area (Å²) in [6.07, 6.45) is 0. The summed E-state index contributed by atoms with van der Waals surface area (Å²) < 4.78 is 44.0. The van der Waals surface area contributed by atoms with Crippen LogP contribution in [-0.4, -0.2) is 44.8 Å². The summed E-state index contributed by atoms with van der Waals surface area (Å²) in [5.74, 6) is -2.44. The fourth-order valence-corrected chi connectivity index (χ4v) is 3.59. The number of anilines is 1. The maximum absolute atomic E-state index is 12.4. The lowest BCUT2D eigenvalue weighted by Gasteiger charge is -2.11. The SMILES string of the molecule is CCOC(=O)c1c(NC(=O)COC(=O)c2ccc(OC(F)F)c(OC)c2)sc(C)c1C. The van der Waals surface area contributed by atoms with Gasteiger partial charge in [0, 0.05) is 4.88 Å². The molecule has 0 aliphatic carbocycles. The van der Waals surface area contributed by atoms with Crippen LogP contribution in [0.25, 0.3) is 0 Å². The van der Waals surface area contributed by atoms with Gasteiger partial charge in [-0.25, -0.2) is 9.59 Å². The highest BCUT2D eigenvalue weighted by Gasteiger charge is 2.23. The number of benzene rings is 1. The van der Waals surface area contributed by atoms with Crippen molar-refractivity contribution in [3.8, 4) is 11.5 Å². The molecule has 168 valence electrons. The van der Waals surface area contributed by atoms with Crippen LogP contribution in [-0.2, 0) is 14.3 Å². The molecule has 0 fully saturated rings. The van der Waals surface area contributed by atoms with Crippen molar-refractivity contribution in [1.82, 2.24) is 0 Å². The van der Waals surface area contributed by atoms with Crippen LogP contribution in [0.2, 0.25) is 0 Å². The van der Waals surface area contributed by atoms with Crippen LogP contribution < -0.4 is 14.8 Å². The molecule has 0 atom stereocenters. The van der Waals surface area contributed by atoms with E-state index in [0.717, 1.165) is 17.0 Å². The number of thiophene rings is 1. The fourth-order valence-electron chi connectivity index (χ4n) is 2.53. The van der Waals surface area contributed by atoms with Gasteiger partial charge in [0.2, 0.25) is 0 Å². The third-order valence-corrected chi connectivity index (χ3v) is 5.19. The van der Waals surface area contributed by atoms with E-state index in [1.54, 1.807) is 20.8 Å². The molecule has 1 amide bonds. The number of hydrogen-bond donors (Lipinski definition) is 1. The molecular weight excluding hydrogens is 436 g/mol. The molecule has 0 unspecified atom stereocenters. The zero-order valence-corrected chi connectivity index (χ0v) is 18.1. The molecule has 1 aromatic carbocycles. The van der Waals surface area contributed by atoms with Crippen LogP contribution in [0.15, 0.2) is 18.2 Å². The first-order valence-electron chi connectivity index (χ1n) is 9.04. The van der Waals surface area contributed by atoms with Crippen molar-refractivity contribution in [1.29, 1.82) is 0 Å². The molecule has 0 saturated heterocycles. The monoisotopic (exact) mass is 457 g/mol. The lowest BCUT2D eigenvalue weighted by Crippen LogP contribution is -2.21. The van der Waals surface area contributed by atoms with Crippen molar-refractivity contribution < 1.29 is 42.1 Å². The predicted molar refractivity (Wildman–Crippen MR) is 108 cm³/mol. The van der Waals surface area contributed by atoms with Gasteiger partial charge >= 0.3 is 18.6 Å². The van der Waals surface area contributed by atoms with Gasteiger partial charge in [0.15, 0.2) is 18.1 Å². The summed E-state index contributed by atoms with van der Waals surface area (Å²) in [4.78, 5) is 37.4. The molecule has 2 aromatic rings. The number of amides is 1. The number of halogens is 2. The van der Waals surface area contributed by atoms with Crippen LogP contribution in [0, 0.1) is 13.8 Å². The molecule has 1 aromatic heterocycles. The summed E-state index contributed by atoms with van der Waals surface area (Å²) in [5.41, 5.74) is 0.915. The normalized spacial score (nSPS) is 10.5. The molecular formula is C20H21F2NO7S. The highest BCUT2D eigenvalue weighted by Crippen LogP contribution is 2.33. The minimum atomic E-state index is -3.06. The molecule has 0 aliphatic rings. The molecule has 2 rings (SSSR count). The van der Waals surface area contributed by atoms with E-state index in [2.05, 4.69) is 10.1 Å². The van der Waals surface area contributed by atoms with E-state index in [-0.39, 0.29) is 29.2 Å². The second kappa shape index (κ2) is 10.7. The number of aryl methyl sites for hydroxylation is 1. The van der Waals surface area contributed by atoms with Gasteiger partial charge in [-0.1, -0.05) is 0 Å². The first-order valence-corrected chi connectivity index (χ1v) is 9.86. The maximum Gasteiger partial charge on any atom is 0.387 e. The van der Waals surface area contributed by atoms with E-state index in [0.29, 0.717) is 10.6 Å². The van der Waals surface area contributed by atoms with Crippen molar-refractivity contribution >= 4 is 34.2 Å². The molecule has 0 saturated carbocycles. The summed E-state index contributed by atoms with van der Waals surface area (Å²) in [6, 6.07) is 3.48. The van der Waals surface area contributed by atoms with Gasteiger partial charge in [-0.2, -0.15) is 8.78 Å². The number of methoxy groups -OCH3 is 1. The maximum atomic E-state index is 12.4. The van der Waals surface area contributed by atoms with Crippen molar-refractivity contribution in [3.05, 3.63) is 39.8 Å². The second-order valence-corrected chi connectivity index (χ2v) is 7.30. The Labute approximate surface area is 181 Å². The molecule has 0 aliphatic heterocycles. The Hall–Kier alpha value is -3.21. The highest BCUT2D eigenvalue weighted by molar-refractivity contribution is 7.16. The Morgan fingerprint density at radius 1 is 1.10 bits per heavy atom. The number of nitrogens with one attached hydrogen (secondary N) is 1. The summed E-state index contributed by atoms with van der Waals surface area (Å²) in [6.45, 7) is 1.71. The van der Waals surface area contributed by atoms with E-state index in [4.69, 9.17) is 14.2 Å². The first kappa shape index (κ1) is 24.1. The Morgan fingerprint density at radius 3 is 2.42 bits per heavy atom. The second-order valence-electron chi connectivity index (χ2n) is 6.08. The largest absolute Gasteiger partial charge is 0.493 e. The average molecular weight is 457 g/mol. The molecule has 1 N–H and O–H groups in total. The zero-order chi connectivity index (χ0) is 23.1. The van der Waals surface area contributed by atoms with Gasteiger partial charge in [0.1, 0.15) is 5.00 Å². The van der Waals surface area contributed by atoms with E-state index in [9.17, 15) is 23.2 Å². The van der Waals surface area contributed by atoms with E-state index in [1.807, 2.05) is 0 Å². The van der Waals surface area contributed by atoms with Gasteiger partial charge < -0.3 is 24.3 Å². The Bertz CT molecular complexity index is 975. The Kier molecular flexibility index (Phi) is 8.31. The molecule has 8 nitrogen and oxygen atoms in total. The van der Waals surface area contributed by atoms with Gasteiger partial charge in [-0.15, -0.1) is 11.3 Å². The number of esters is 2. The minimum absolute atomic E-state index is 0.0266. The number of hydrogen-bond acceptors (Lipinski definition) is 8. The third kappa shape index (κ3) is 6.14. The minimum Gasteiger partial charge on any atom is -0.493 e. The first-order chi connectivity index (χ1) is 14.7. The lowest BCUT2D eigenvalue weighted by atomic mass is 10.1.